The molecule has 0 aliphatic carbocycles. The van der Waals surface area contributed by atoms with Crippen molar-refractivity contribution in [3.63, 3.8) is 0 Å². The van der Waals surface area contributed by atoms with Crippen LogP contribution in [-0.4, -0.2) is 9.97 Å². The number of halogens is 3. The van der Waals surface area contributed by atoms with Gasteiger partial charge in [-0.15, -0.1) is 0 Å². The van der Waals surface area contributed by atoms with Gasteiger partial charge in [-0.3, -0.25) is 0 Å². The number of nitrogens with two attached hydrogens (primary N) is 1. The molecule has 0 radical (unpaired) electrons. The summed E-state index contributed by atoms with van der Waals surface area (Å²) >= 11 is 9.04. The quantitative estimate of drug-likeness (QED) is 0.586. The maximum atomic E-state index is 13.0. The van der Waals surface area contributed by atoms with Crippen molar-refractivity contribution < 1.29 is 4.39 Å². The van der Waals surface area contributed by atoms with Crippen LogP contribution in [0.4, 0.5) is 16.0 Å². The third kappa shape index (κ3) is 3.31. The van der Waals surface area contributed by atoms with E-state index >= 15 is 0 Å². The minimum atomic E-state index is -0.441. The number of nitrogens with one attached hydrogen (secondary N) is 2. The average molecular weight is 347 g/mol. The molecule has 0 amide bonds. The van der Waals surface area contributed by atoms with Gasteiger partial charge in [0.25, 0.3) is 0 Å². The second-order valence-corrected chi connectivity index (χ2v) is 4.83. The van der Waals surface area contributed by atoms with Gasteiger partial charge in [0.15, 0.2) is 5.82 Å². The van der Waals surface area contributed by atoms with E-state index in [9.17, 15) is 4.39 Å². The number of aromatic nitrogens is 2. The Hall–Kier alpha value is -1.44. The van der Waals surface area contributed by atoms with Gasteiger partial charge in [0.2, 0.25) is 0 Å². The summed E-state index contributed by atoms with van der Waals surface area (Å²) < 4.78 is 13.6. The Bertz CT molecular complexity index is 595. The molecule has 0 bridgehead atoms. The lowest BCUT2D eigenvalue weighted by Crippen LogP contribution is -2.11. The zero-order chi connectivity index (χ0) is 13.8. The molecule has 2 rings (SSSR count). The lowest BCUT2D eigenvalue weighted by Gasteiger charge is -2.10. The van der Waals surface area contributed by atoms with Gasteiger partial charge < -0.3 is 10.7 Å². The van der Waals surface area contributed by atoms with Crippen LogP contribution in [0.1, 0.15) is 5.56 Å². The number of anilines is 2. The highest BCUT2D eigenvalue weighted by Crippen LogP contribution is 2.26. The van der Waals surface area contributed by atoms with Crippen molar-refractivity contribution in [2.24, 2.45) is 5.84 Å². The van der Waals surface area contributed by atoms with E-state index in [2.05, 4.69) is 36.6 Å². The van der Waals surface area contributed by atoms with E-state index in [4.69, 9.17) is 17.4 Å². The normalized spacial score (nSPS) is 10.3. The number of benzene rings is 1. The van der Waals surface area contributed by atoms with Crippen molar-refractivity contribution >= 4 is 39.2 Å². The minimum Gasteiger partial charge on any atom is -0.365 e. The first-order valence-electron chi connectivity index (χ1n) is 5.26. The number of nitrogens with zero attached hydrogens (tertiary/aromatic N) is 2. The molecule has 8 heteroatoms. The highest BCUT2D eigenvalue weighted by atomic mass is 79.9. The van der Waals surface area contributed by atoms with Gasteiger partial charge in [-0.05, 0) is 33.6 Å². The molecule has 1 heterocycles. The van der Waals surface area contributed by atoms with Crippen molar-refractivity contribution in [2.75, 3.05) is 10.7 Å². The molecule has 1 aromatic heterocycles. The molecule has 100 valence electrons. The van der Waals surface area contributed by atoms with Crippen molar-refractivity contribution in [1.29, 1.82) is 0 Å². The first-order chi connectivity index (χ1) is 9.11. The molecule has 0 unspecified atom stereocenters. The predicted octanol–water partition coefficient (Wildman–Crippen LogP) is 2.93. The summed E-state index contributed by atoms with van der Waals surface area (Å²) in [6.07, 6.45) is 1.37. The van der Waals surface area contributed by atoms with Gasteiger partial charge in [-0.2, -0.15) is 0 Å². The van der Waals surface area contributed by atoms with Gasteiger partial charge in [-0.1, -0.05) is 17.7 Å². The Labute approximate surface area is 122 Å². The molecule has 5 nitrogen and oxygen atoms in total. The maximum Gasteiger partial charge on any atom is 0.159 e. The molecule has 0 saturated heterocycles. The van der Waals surface area contributed by atoms with Crippen molar-refractivity contribution in [2.45, 2.75) is 6.54 Å². The summed E-state index contributed by atoms with van der Waals surface area (Å²) in [5.74, 6) is 5.90. The smallest absolute Gasteiger partial charge is 0.159 e. The van der Waals surface area contributed by atoms with E-state index < -0.39 is 5.82 Å². The molecule has 2 aromatic rings. The second kappa shape index (κ2) is 6.14. The molecule has 4 N–H and O–H groups in total. The maximum absolute atomic E-state index is 13.0. The van der Waals surface area contributed by atoms with Gasteiger partial charge >= 0.3 is 0 Å². The fourth-order valence-electron chi connectivity index (χ4n) is 1.43. The van der Waals surface area contributed by atoms with Crippen LogP contribution in [0.5, 0.6) is 0 Å². The molecule has 0 fully saturated rings. The Kier molecular flexibility index (Phi) is 4.52. The third-order valence-electron chi connectivity index (χ3n) is 2.37. The van der Waals surface area contributed by atoms with Gasteiger partial charge in [0.05, 0.1) is 5.02 Å². The molecule has 0 saturated carbocycles. The van der Waals surface area contributed by atoms with E-state index in [0.717, 1.165) is 5.56 Å². The van der Waals surface area contributed by atoms with Gasteiger partial charge in [-0.25, -0.2) is 20.2 Å². The molecule has 0 atom stereocenters. The Balaban J connectivity index is 2.12. The summed E-state index contributed by atoms with van der Waals surface area (Å²) in [5, 5.41) is 3.16. The van der Waals surface area contributed by atoms with Crippen molar-refractivity contribution in [3.05, 3.63) is 45.4 Å². The van der Waals surface area contributed by atoms with Crippen LogP contribution < -0.4 is 16.6 Å². The van der Waals surface area contributed by atoms with E-state index in [1.165, 1.54) is 12.4 Å². The minimum absolute atomic E-state index is 0.0883. The van der Waals surface area contributed by atoms with Crippen LogP contribution in [0.15, 0.2) is 29.0 Å². The largest absolute Gasteiger partial charge is 0.365 e. The lowest BCUT2D eigenvalue weighted by molar-refractivity contribution is 0.627. The summed E-state index contributed by atoms with van der Waals surface area (Å²) in [6, 6.07) is 4.52. The fraction of sp³-hybridized carbons (Fsp3) is 0.0909. The van der Waals surface area contributed by atoms with E-state index in [-0.39, 0.29) is 5.02 Å². The van der Waals surface area contributed by atoms with E-state index in [1.807, 2.05) is 0 Å². The Morgan fingerprint density at radius 3 is 2.74 bits per heavy atom. The van der Waals surface area contributed by atoms with E-state index in [0.29, 0.717) is 22.7 Å². The molecule has 0 spiro atoms. The third-order valence-corrected chi connectivity index (χ3v) is 3.41. The molecule has 1 aromatic carbocycles. The van der Waals surface area contributed by atoms with Crippen LogP contribution in [0.25, 0.3) is 0 Å². The zero-order valence-corrected chi connectivity index (χ0v) is 12.0. The first-order valence-corrected chi connectivity index (χ1v) is 6.44. The Morgan fingerprint density at radius 2 is 2.05 bits per heavy atom. The SMILES string of the molecule is NNc1ncnc(NCc2ccc(F)c(Cl)c2)c1Br. The highest BCUT2D eigenvalue weighted by Gasteiger charge is 2.07. The van der Waals surface area contributed by atoms with E-state index in [1.54, 1.807) is 12.1 Å². The van der Waals surface area contributed by atoms with Crippen LogP contribution >= 0.6 is 27.5 Å². The topological polar surface area (TPSA) is 75.9 Å². The zero-order valence-electron chi connectivity index (χ0n) is 9.62. The standard InChI is InChI=1S/C11H10BrClFN5/c12-9-10(17-5-18-11(9)19-15)16-4-6-1-2-8(14)7(13)3-6/h1-3,5H,4,15H2,(H2,16,17,18,19). The Morgan fingerprint density at radius 1 is 1.32 bits per heavy atom. The molecular formula is C11H10BrClFN5. The predicted molar refractivity (Wildman–Crippen MR) is 76.3 cm³/mol. The highest BCUT2D eigenvalue weighted by molar-refractivity contribution is 9.10. The summed E-state index contributed by atoms with van der Waals surface area (Å²) in [7, 11) is 0. The van der Waals surface area contributed by atoms with Crippen LogP contribution in [0.3, 0.4) is 0 Å². The van der Waals surface area contributed by atoms with Gasteiger partial charge in [0.1, 0.15) is 22.4 Å². The molecule has 19 heavy (non-hydrogen) atoms. The number of rotatable bonds is 4. The first kappa shape index (κ1) is 14.0. The summed E-state index contributed by atoms with van der Waals surface area (Å²) in [4.78, 5) is 8.00. The average Bonchev–Trinajstić information content (AvgIpc) is 2.41. The molecule has 0 aliphatic heterocycles. The molecule has 0 aliphatic rings. The van der Waals surface area contributed by atoms with Crippen molar-refractivity contribution in [1.82, 2.24) is 9.97 Å². The van der Waals surface area contributed by atoms with Gasteiger partial charge in [0, 0.05) is 6.54 Å². The summed E-state index contributed by atoms with van der Waals surface area (Å²) in [5.41, 5.74) is 3.27. The van der Waals surface area contributed by atoms with Crippen LogP contribution in [0, 0.1) is 5.82 Å². The van der Waals surface area contributed by atoms with Crippen LogP contribution in [-0.2, 0) is 6.54 Å². The van der Waals surface area contributed by atoms with Crippen molar-refractivity contribution in [3.8, 4) is 0 Å². The number of nitrogen functional groups attached to an aromatic ring is 1. The lowest BCUT2D eigenvalue weighted by atomic mass is 10.2. The number of hydrogen-bond donors (Lipinski definition) is 3. The van der Waals surface area contributed by atoms with Crippen LogP contribution in [0.2, 0.25) is 5.02 Å². The summed E-state index contributed by atoms with van der Waals surface area (Å²) in [6.45, 7) is 0.444. The monoisotopic (exact) mass is 345 g/mol. The fourth-order valence-corrected chi connectivity index (χ4v) is 2.09. The number of hydrogen-bond acceptors (Lipinski definition) is 5. The number of hydrazine groups is 1. The second-order valence-electron chi connectivity index (χ2n) is 3.63. The molecular weight excluding hydrogens is 337 g/mol.